The van der Waals surface area contributed by atoms with Crippen LogP contribution >= 0.6 is 0 Å². The van der Waals surface area contributed by atoms with Gasteiger partial charge >= 0.3 is 0 Å². The molecule has 0 unspecified atom stereocenters. The lowest BCUT2D eigenvalue weighted by molar-refractivity contribution is -0.115. The van der Waals surface area contributed by atoms with Crippen molar-refractivity contribution in [3.63, 3.8) is 0 Å². The molecule has 4 aromatic rings. The zero-order chi connectivity index (χ0) is 22.5. The Labute approximate surface area is 185 Å². The van der Waals surface area contributed by atoms with E-state index in [9.17, 15) is 9.59 Å². The summed E-state index contributed by atoms with van der Waals surface area (Å²) < 4.78 is 6.44. The third-order valence-electron chi connectivity index (χ3n) is 4.91. The van der Waals surface area contributed by atoms with Crippen LogP contribution in [0.4, 0.5) is 5.69 Å². The van der Waals surface area contributed by atoms with E-state index in [4.69, 9.17) is 4.52 Å². The highest BCUT2D eigenvalue weighted by Gasteiger charge is 2.14. The van der Waals surface area contributed by atoms with E-state index in [1.54, 1.807) is 53.3 Å². The normalized spacial score (nSPS) is 10.7. The van der Waals surface area contributed by atoms with Crippen molar-refractivity contribution in [3.8, 4) is 5.69 Å². The molecule has 0 radical (unpaired) electrons. The fourth-order valence-electron chi connectivity index (χ4n) is 3.38. The van der Waals surface area contributed by atoms with Crippen LogP contribution in [0.15, 0.2) is 77.8 Å². The zero-order valence-electron chi connectivity index (χ0n) is 17.9. The van der Waals surface area contributed by atoms with Crippen molar-refractivity contribution in [1.29, 1.82) is 0 Å². The zero-order valence-corrected chi connectivity index (χ0v) is 17.9. The molecule has 2 heterocycles. The molecule has 0 saturated heterocycles. The SMILES string of the molecule is Cc1cccc(CC(=O)Nc2cnn(-c3cccc(C(=O)N(C)Cc4ccon4)c3)c2)c1. The highest BCUT2D eigenvalue weighted by Crippen LogP contribution is 2.16. The molecule has 2 amide bonds. The molecule has 2 aromatic carbocycles. The van der Waals surface area contributed by atoms with Gasteiger partial charge < -0.3 is 14.7 Å². The standard InChI is InChI=1S/C24H23N5O3/c1-17-5-3-6-18(11-17)12-23(30)26-21-14-25-29(16-21)22-8-4-7-19(13-22)24(31)28(2)15-20-9-10-32-27-20/h3-11,13-14,16H,12,15H2,1-2H3,(H,26,30). The van der Waals surface area contributed by atoms with E-state index >= 15 is 0 Å². The first-order chi connectivity index (χ1) is 15.5. The summed E-state index contributed by atoms with van der Waals surface area (Å²) in [5.41, 5.74) is 4.57. The molecule has 162 valence electrons. The number of carbonyl (C=O) groups excluding carboxylic acids is 2. The second-order valence-corrected chi connectivity index (χ2v) is 7.59. The lowest BCUT2D eigenvalue weighted by Crippen LogP contribution is -2.26. The van der Waals surface area contributed by atoms with Gasteiger partial charge in [0.1, 0.15) is 12.0 Å². The highest BCUT2D eigenvalue weighted by atomic mass is 16.5. The third-order valence-corrected chi connectivity index (χ3v) is 4.91. The van der Waals surface area contributed by atoms with Crippen molar-refractivity contribution >= 4 is 17.5 Å². The van der Waals surface area contributed by atoms with Gasteiger partial charge in [0.05, 0.1) is 36.7 Å². The first-order valence-electron chi connectivity index (χ1n) is 10.1. The third kappa shape index (κ3) is 5.10. The number of nitrogens with zero attached hydrogens (tertiary/aromatic N) is 4. The van der Waals surface area contributed by atoms with Gasteiger partial charge in [-0.1, -0.05) is 41.1 Å². The summed E-state index contributed by atoms with van der Waals surface area (Å²) in [7, 11) is 1.71. The van der Waals surface area contributed by atoms with Gasteiger partial charge in [-0.25, -0.2) is 4.68 Å². The quantitative estimate of drug-likeness (QED) is 0.484. The van der Waals surface area contributed by atoms with Crippen LogP contribution < -0.4 is 5.32 Å². The van der Waals surface area contributed by atoms with Crippen LogP contribution in [0.3, 0.4) is 0 Å². The maximum absolute atomic E-state index is 12.8. The summed E-state index contributed by atoms with van der Waals surface area (Å²) in [4.78, 5) is 26.7. The second kappa shape index (κ2) is 9.30. The number of aromatic nitrogens is 3. The molecule has 0 saturated carbocycles. The molecule has 8 heteroatoms. The minimum absolute atomic E-state index is 0.117. The fourth-order valence-corrected chi connectivity index (χ4v) is 3.38. The summed E-state index contributed by atoms with van der Waals surface area (Å²) in [6.45, 7) is 2.34. The van der Waals surface area contributed by atoms with E-state index in [-0.39, 0.29) is 18.2 Å². The molecule has 0 spiro atoms. The molecular formula is C24H23N5O3. The van der Waals surface area contributed by atoms with Crippen LogP contribution in [-0.2, 0) is 17.8 Å². The molecule has 1 N–H and O–H groups in total. The Balaban J connectivity index is 1.42. The minimum atomic E-state index is -0.145. The number of hydrogen-bond donors (Lipinski definition) is 1. The van der Waals surface area contributed by atoms with Crippen LogP contribution in [0, 0.1) is 6.92 Å². The maximum atomic E-state index is 12.8. The van der Waals surface area contributed by atoms with E-state index in [2.05, 4.69) is 15.6 Å². The number of aryl methyl sites for hydroxylation is 1. The predicted octanol–water partition coefficient (Wildman–Crippen LogP) is 3.62. The lowest BCUT2D eigenvalue weighted by atomic mass is 10.1. The molecular weight excluding hydrogens is 406 g/mol. The average Bonchev–Trinajstić information content (AvgIpc) is 3.45. The van der Waals surface area contributed by atoms with Crippen LogP contribution in [0.2, 0.25) is 0 Å². The van der Waals surface area contributed by atoms with Crippen molar-refractivity contribution < 1.29 is 14.1 Å². The molecule has 2 aromatic heterocycles. The number of nitrogens with one attached hydrogen (secondary N) is 1. The Hall–Kier alpha value is -4.20. The number of benzene rings is 2. The first kappa shape index (κ1) is 21.0. The number of amides is 2. The number of rotatable bonds is 7. The Morgan fingerprint density at radius 2 is 1.97 bits per heavy atom. The van der Waals surface area contributed by atoms with Crippen molar-refractivity contribution in [2.45, 2.75) is 19.9 Å². The van der Waals surface area contributed by atoms with E-state index in [0.717, 1.165) is 11.1 Å². The van der Waals surface area contributed by atoms with Gasteiger partial charge in [-0.05, 0) is 30.7 Å². The van der Waals surface area contributed by atoms with Crippen LogP contribution in [0.5, 0.6) is 0 Å². The van der Waals surface area contributed by atoms with E-state index in [0.29, 0.717) is 29.2 Å². The number of carbonyl (C=O) groups is 2. The van der Waals surface area contributed by atoms with Crippen molar-refractivity contribution in [1.82, 2.24) is 19.8 Å². The average molecular weight is 429 g/mol. The maximum Gasteiger partial charge on any atom is 0.254 e. The van der Waals surface area contributed by atoms with Gasteiger partial charge in [0.25, 0.3) is 5.91 Å². The van der Waals surface area contributed by atoms with Crippen molar-refractivity contribution in [2.75, 3.05) is 12.4 Å². The molecule has 0 atom stereocenters. The molecule has 0 aliphatic heterocycles. The summed E-state index contributed by atoms with van der Waals surface area (Å²) in [6, 6.07) is 16.7. The van der Waals surface area contributed by atoms with Crippen molar-refractivity contribution in [2.24, 2.45) is 0 Å². The van der Waals surface area contributed by atoms with E-state index < -0.39 is 0 Å². The number of hydrogen-bond acceptors (Lipinski definition) is 5. The summed E-state index contributed by atoms with van der Waals surface area (Å²) in [6.07, 6.45) is 5.06. The lowest BCUT2D eigenvalue weighted by Gasteiger charge is -2.16. The fraction of sp³-hybridized carbons (Fsp3) is 0.167. The minimum Gasteiger partial charge on any atom is -0.364 e. The van der Waals surface area contributed by atoms with Crippen LogP contribution in [0.1, 0.15) is 27.2 Å². The Morgan fingerprint density at radius 1 is 1.12 bits per heavy atom. The summed E-state index contributed by atoms with van der Waals surface area (Å²) in [5, 5.41) is 11.0. The van der Waals surface area contributed by atoms with Crippen LogP contribution in [-0.4, -0.2) is 38.7 Å². The van der Waals surface area contributed by atoms with Gasteiger partial charge in [-0.2, -0.15) is 5.10 Å². The molecule has 0 aliphatic carbocycles. The van der Waals surface area contributed by atoms with Gasteiger partial charge in [0, 0.05) is 18.7 Å². The first-order valence-corrected chi connectivity index (χ1v) is 10.1. The molecule has 0 bridgehead atoms. The monoisotopic (exact) mass is 429 g/mol. The molecule has 0 aliphatic rings. The Kier molecular flexibility index (Phi) is 6.12. The van der Waals surface area contributed by atoms with Gasteiger partial charge in [0.2, 0.25) is 5.91 Å². The Morgan fingerprint density at radius 3 is 2.75 bits per heavy atom. The Bertz CT molecular complexity index is 1230. The second-order valence-electron chi connectivity index (χ2n) is 7.59. The predicted molar refractivity (Wildman–Crippen MR) is 119 cm³/mol. The molecule has 0 fully saturated rings. The smallest absolute Gasteiger partial charge is 0.254 e. The van der Waals surface area contributed by atoms with Gasteiger partial charge in [-0.3, -0.25) is 9.59 Å². The summed E-state index contributed by atoms with van der Waals surface area (Å²) >= 11 is 0. The highest BCUT2D eigenvalue weighted by molar-refractivity contribution is 5.94. The van der Waals surface area contributed by atoms with Gasteiger partial charge in [0.15, 0.2) is 0 Å². The van der Waals surface area contributed by atoms with E-state index in [1.807, 2.05) is 37.3 Å². The van der Waals surface area contributed by atoms with Gasteiger partial charge in [-0.15, -0.1) is 0 Å². The molecule has 8 nitrogen and oxygen atoms in total. The largest absolute Gasteiger partial charge is 0.364 e. The van der Waals surface area contributed by atoms with E-state index in [1.165, 1.54) is 6.26 Å². The number of anilines is 1. The summed E-state index contributed by atoms with van der Waals surface area (Å²) in [5.74, 6) is -0.262. The van der Waals surface area contributed by atoms with Crippen LogP contribution in [0.25, 0.3) is 5.69 Å². The topological polar surface area (TPSA) is 93.3 Å². The molecule has 4 rings (SSSR count). The van der Waals surface area contributed by atoms with Crippen molar-refractivity contribution in [3.05, 3.63) is 95.6 Å². The molecule has 32 heavy (non-hydrogen) atoms.